The van der Waals surface area contributed by atoms with E-state index < -0.39 is 18.8 Å². The fourth-order valence-corrected chi connectivity index (χ4v) is 6.47. The number of halogens is 2. The molecule has 188 valence electrons. The Morgan fingerprint density at radius 1 is 1.21 bits per heavy atom. The zero-order valence-corrected chi connectivity index (χ0v) is 19.5. The summed E-state index contributed by atoms with van der Waals surface area (Å²) in [6, 6.07) is -0.243. The zero-order chi connectivity index (χ0) is 23.0. The summed E-state index contributed by atoms with van der Waals surface area (Å²) in [6.07, 6.45) is 8.00. The standard InChI is InChI=1S/C23H39F2N5O3/c1-30-13-26-29-20(30)10-23(11-32-12-23)15-3-2-4-16(7-15)27-21(31)19-9-17(33-22(24)25)8-18(28-19)14-5-6-14/h14-20,22,26,28-29H,2-13H2,1H3,(H,27,31). The number of hydrazine groups is 1. The number of nitrogens with zero attached hydrogens (tertiary/aromatic N) is 1. The van der Waals surface area contributed by atoms with Crippen LogP contribution in [0.4, 0.5) is 8.78 Å². The van der Waals surface area contributed by atoms with Gasteiger partial charge in [0.25, 0.3) is 0 Å². The van der Waals surface area contributed by atoms with Crippen molar-refractivity contribution in [1.82, 2.24) is 26.4 Å². The second-order valence-electron chi connectivity index (χ2n) is 11.0. The highest BCUT2D eigenvalue weighted by Gasteiger charge is 2.49. The smallest absolute Gasteiger partial charge is 0.345 e. The Labute approximate surface area is 194 Å². The molecule has 6 unspecified atom stereocenters. The Kier molecular flexibility index (Phi) is 7.21. The third kappa shape index (κ3) is 5.51. The molecule has 1 amide bonds. The van der Waals surface area contributed by atoms with Crippen LogP contribution in [0.15, 0.2) is 0 Å². The molecule has 2 saturated carbocycles. The molecule has 0 aromatic heterocycles. The highest BCUT2D eigenvalue weighted by molar-refractivity contribution is 5.82. The Morgan fingerprint density at radius 3 is 2.67 bits per heavy atom. The van der Waals surface area contributed by atoms with Gasteiger partial charge in [-0.2, -0.15) is 8.78 Å². The van der Waals surface area contributed by atoms with E-state index in [-0.39, 0.29) is 23.4 Å². The molecule has 33 heavy (non-hydrogen) atoms. The monoisotopic (exact) mass is 471 g/mol. The first kappa shape index (κ1) is 23.8. The largest absolute Gasteiger partial charge is 0.380 e. The van der Waals surface area contributed by atoms with Gasteiger partial charge < -0.3 is 20.1 Å². The van der Waals surface area contributed by atoms with E-state index in [1.54, 1.807) is 0 Å². The van der Waals surface area contributed by atoms with Crippen LogP contribution in [0.2, 0.25) is 0 Å². The SMILES string of the molecule is CN1CNNC1CC1(C2CCCC(NC(=O)C3CC(OC(F)F)CC(C4CC4)N3)C2)COC1. The fourth-order valence-electron chi connectivity index (χ4n) is 6.47. The van der Waals surface area contributed by atoms with Crippen LogP contribution in [0.1, 0.15) is 57.8 Å². The first-order valence-electron chi connectivity index (χ1n) is 12.7. The summed E-state index contributed by atoms with van der Waals surface area (Å²) in [5, 5.41) is 6.72. The predicted octanol–water partition coefficient (Wildman–Crippen LogP) is 1.53. The molecule has 0 aromatic rings. The minimum absolute atomic E-state index is 0.0610. The van der Waals surface area contributed by atoms with Gasteiger partial charge in [-0.1, -0.05) is 6.42 Å². The molecule has 3 aliphatic heterocycles. The Balaban J connectivity index is 1.18. The first-order valence-corrected chi connectivity index (χ1v) is 12.7. The van der Waals surface area contributed by atoms with Gasteiger partial charge in [-0.15, -0.1) is 0 Å². The van der Waals surface area contributed by atoms with Gasteiger partial charge in [0.1, 0.15) is 0 Å². The molecule has 8 nitrogen and oxygen atoms in total. The van der Waals surface area contributed by atoms with Gasteiger partial charge in [0.05, 0.1) is 38.2 Å². The van der Waals surface area contributed by atoms with Gasteiger partial charge in [0.15, 0.2) is 0 Å². The molecule has 6 atom stereocenters. The van der Waals surface area contributed by atoms with Gasteiger partial charge in [-0.3, -0.25) is 9.69 Å². The van der Waals surface area contributed by atoms with Crippen molar-refractivity contribution >= 4 is 5.91 Å². The molecule has 5 rings (SSSR count). The van der Waals surface area contributed by atoms with E-state index in [0.29, 0.717) is 30.8 Å². The van der Waals surface area contributed by atoms with Crippen LogP contribution in [-0.4, -0.2) is 74.7 Å². The molecule has 5 fully saturated rings. The first-order chi connectivity index (χ1) is 15.9. The molecule has 0 aromatic carbocycles. The fraction of sp³-hybridized carbons (Fsp3) is 0.957. The van der Waals surface area contributed by atoms with E-state index in [1.807, 2.05) is 0 Å². The van der Waals surface area contributed by atoms with Crippen molar-refractivity contribution in [3.8, 4) is 0 Å². The number of carbonyl (C=O) groups is 1. The summed E-state index contributed by atoms with van der Waals surface area (Å²) < 4.78 is 36.3. The quantitative estimate of drug-likeness (QED) is 0.427. The second-order valence-corrected chi connectivity index (χ2v) is 11.0. The Hall–Kier alpha value is -0.910. The van der Waals surface area contributed by atoms with E-state index in [4.69, 9.17) is 9.47 Å². The van der Waals surface area contributed by atoms with Crippen LogP contribution in [0, 0.1) is 17.3 Å². The molecule has 10 heteroatoms. The summed E-state index contributed by atoms with van der Waals surface area (Å²) in [5.41, 5.74) is 6.73. The predicted molar refractivity (Wildman–Crippen MR) is 118 cm³/mol. The van der Waals surface area contributed by atoms with Crippen molar-refractivity contribution in [3.63, 3.8) is 0 Å². The second kappa shape index (κ2) is 9.99. The molecule has 4 N–H and O–H groups in total. The van der Waals surface area contributed by atoms with Crippen molar-refractivity contribution in [3.05, 3.63) is 0 Å². The van der Waals surface area contributed by atoms with E-state index in [0.717, 1.165) is 64.8 Å². The molecular weight excluding hydrogens is 432 g/mol. The third-order valence-electron chi connectivity index (χ3n) is 8.63. The number of amides is 1. The Bertz CT molecular complexity index is 693. The number of carbonyl (C=O) groups excluding carboxylic acids is 1. The highest BCUT2D eigenvalue weighted by atomic mass is 19.3. The van der Waals surface area contributed by atoms with Crippen LogP contribution in [0.5, 0.6) is 0 Å². The van der Waals surface area contributed by atoms with Crippen LogP contribution >= 0.6 is 0 Å². The number of rotatable bonds is 8. The van der Waals surface area contributed by atoms with Crippen molar-refractivity contribution in [2.45, 2.75) is 94.8 Å². The lowest BCUT2D eigenvalue weighted by Gasteiger charge is -2.51. The third-order valence-corrected chi connectivity index (χ3v) is 8.63. The summed E-state index contributed by atoms with van der Waals surface area (Å²) in [4.78, 5) is 15.5. The molecule has 0 spiro atoms. The molecule has 3 saturated heterocycles. The number of hydrogen-bond acceptors (Lipinski definition) is 7. The topological polar surface area (TPSA) is 86.9 Å². The highest BCUT2D eigenvalue weighted by Crippen LogP contribution is 2.47. The Morgan fingerprint density at radius 2 is 2.03 bits per heavy atom. The minimum Gasteiger partial charge on any atom is -0.380 e. The molecule has 2 aliphatic carbocycles. The summed E-state index contributed by atoms with van der Waals surface area (Å²) in [6.45, 7) is -0.397. The van der Waals surface area contributed by atoms with Crippen molar-refractivity contribution in [2.24, 2.45) is 17.3 Å². The number of alkyl halides is 2. The lowest BCUT2D eigenvalue weighted by Crippen LogP contribution is -2.58. The van der Waals surface area contributed by atoms with Crippen LogP contribution < -0.4 is 21.5 Å². The van der Waals surface area contributed by atoms with Crippen molar-refractivity contribution in [1.29, 1.82) is 0 Å². The molecular formula is C23H39F2N5O3. The van der Waals surface area contributed by atoms with E-state index >= 15 is 0 Å². The van der Waals surface area contributed by atoms with Gasteiger partial charge in [-0.25, -0.2) is 10.9 Å². The summed E-state index contributed by atoms with van der Waals surface area (Å²) in [7, 11) is 2.12. The number of ether oxygens (including phenoxy) is 2. The van der Waals surface area contributed by atoms with Crippen LogP contribution in [0.25, 0.3) is 0 Å². The maximum absolute atomic E-state index is 13.2. The summed E-state index contributed by atoms with van der Waals surface area (Å²) >= 11 is 0. The van der Waals surface area contributed by atoms with E-state index in [1.165, 1.54) is 0 Å². The molecule has 0 bridgehead atoms. The zero-order valence-electron chi connectivity index (χ0n) is 19.5. The van der Waals surface area contributed by atoms with E-state index in [2.05, 4.69) is 33.4 Å². The van der Waals surface area contributed by atoms with Gasteiger partial charge >= 0.3 is 6.61 Å². The van der Waals surface area contributed by atoms with Crippen molar-refractivity contribution < 1.29 is 23.0 Å². The maximum Gasteiger partial charge on any atom is 0.345 e. The molecule has 0 radical (unpaired) electrons. The minimum atomic E-state index is -2.79. The van der Waals surface area contributed by atoms with Crippen LogP contribution in [0.3, 0.4) is 0 Å². The van der Waals surface area contributed by atoms with E-state index in [9.17, 15) is 13.6 Å². The number of nitrogens with one attached hydrogen (secondary N) is 4. The lowest BCUT2D eigenvalue weighted by molar-refractivity contribution is -0.176. The van der Waals surface area contributed by atoms with Gasteiger partial charge in [0, 0.05) is 17.5 Å². The van der Waals surface area contributed by atoms with Crippen LogP contribution in [-0.2, 0) is 14.3 Å². The average Bonchev–Trinajstić information content (AvgIpc) is 3.53. The van der Waals surface area contributed by atoms with Gasteiger partial charge in [-0.05, 0) is 70.3 Å². The number of hydrogen-bond donors (Lipinski definition) is 4. The number of piperidine rings is 1. The summed E-state index contributed by atoms with van der Waals surface area (Å²) in [5.74, 6) is 0.933. The normalized spacial score (nSPS) is 39.4. The average molecular weight is 472 g/mol. The molecule has 3 heterocycles. The lowest BCUT2D eigenvalue weighted by atomic mass is 9.64. The maximum atomic E-state index is 13.2. The molecule has 5 aliphatic rings. The van der Waals surface area contributed by atoms with Crippen molar-refractivity contribution in [2.75, 3.05) is 26.9 Å². The van der Waals surface area contributed by atoms with Gasteiger partial charge in [0.2, 0.25) is 5.91 Å².